The van der Waals surface area contributed by atoms with Gasteiger partial charge in [0.25, 0.3) is 11.1 Å². The molecule has 29 heavy (non-hydrogen) atoms. The highest BCUT2D eigenvalue weighted by Crippen LogP contribution is 2.27. The predicted octanol–water partition coefficient (Wildman–Crippen LogP) is 1.22. The Morgan fingerprint density at radius 2 is 1.52 bits per heavy atom. The van der Waals surface area contributed by atoms with E-state index in [1.54, 1.807) is 43.7 Å². The molecule has 0 unspecified atom stereocenters. The molecule has 7 nitrogen and oxygen atoms in total. The SMILES string of the molecule is COc1ccc(/C=c2/[nH]c(=O)/c(=C\c3c[nH]c4ccccc34)[nH]c2=O)cc1OC. The summed E-state index contributed by atoms with van der Waals surface area (Å²) >= 11 is 0. The molecule has 4 rings (SSSR count). The Labute approximate surface area is 165 Å². The van der Waals surface area contributed by atoms with E-state index in [4.69, 9.17) is 9.47 Å². The van der Waals surface area contributed by atoms with Gasteiger partial charge in [0.2, 0.25) is 0 Å². The summed E-state index contributed by atoms with van der Waals surface area (Å²) in [7, 11) is 3.08. The Balaban J connectivity index is 1.81. The van der Waals surface area contributed by atoms with E-state index >= 15 is 0 Å². The van der Waals surface area contributed by atoms with Crippen molar-refractivity contribution in [3.8, 4) is 11.5 Å². The molecule has 0 saturated heterocycles. The van der Waals surface area contributed by atoms with Crippen LogP contribution in [0.5, 0.6) is 11.5 Å². The number of H-pyrrole nitrogens is 3. The lowest BCUT2D eigenvalue weighted by Crippen LogP contribution is -2.46. The molecule has 4 aromatic rings. The second-order valence-electron chi connectivity index (χ2n) is 6.43. The first-order valence-electron chi connectivity index (χ1n) is 8.93. The molecule has 7 heteroatoms. The van der Waals surface area contributed by atoms with Crippen molar-refractivity contribution in [2.24, 2.45) is 0 Å². The highest BCUT2D eigenvalue weighted by molar-refractivity contribution is 5.88. The lowest BCUT2D eigenvalue weighted by Gasteiger charge is -2.07. The monoisotopic (exact) mass is 389 g/mol. The van der Waals surface area contributed by atoms with Crippen molar-refractivity contribution in [3.63, 3.8) is 0 Å². The van der Waals surface area contributed by atoms with Gasteiger partial charge >= 0.3 is 0 Å². The van der Waals surface area contributed by atoms with Gasteiger partial charge in [-0.05, 0) is 35.9 Å². The molecule has 2 aromatic heterocycles. The molecule has 0 aliphatic rings. The predicted molar refractivity (Wildman–Crippen MR) is 112 cm³/mol. The van der Waals surface area contributed by atoms with E-state index in [0.717, 1.165) is 16.5 Å². The summed E-state index contributed by atoms with van der Waals surface area (Å²) in [5.41, 5.74) is 1.68. The van der Waals surface area contributed by atoms with Crippen molar-refractivity contribution in [2.75, 3.05) is 14.2 Å². The average Bonchev–Trinajstić information content (AvgIpc) is 3.14. The molecule has 2 heterocycles. The van der Waals surface area contributed by atoms with Crippen molar-refractivity contribution in [1.82, 2.24) is 15.0 Å². The number of hydrogen-bond donors (Lipinski definition) is 3. The van der Waals surface area contributed by atoms with Gasteiger partial charge in [0.05, 0.1) is 14.2 Å². The molecule has 0 atom stereocenters. The first-order chi connectivity index (χ1) is 14.1. The van der Waals surface area contributed by atoms with Gasteiger partial charge in [-0.1, -0.05) is 24.3 Å². The summed E-state index contributed by atoms with van der Waals surface area (Å²) in [5.74, 6) is 1.11. The largest absolute Gasteiger partial charge is 0.493 e. The molecule has 0 radical (unpaired) electrons. The van der Waals surface area contributed by atoms with Crippen LogP contribution in [0.3, 0.4) is 0 Å². The lowest BCUT2D eigenvalue weighted by atomic mass is 10.1. The molecule has 2 aromatic carbocycles. The zero-order valence-corrected chi connectivity index (χ0v) is 15.9. The maximum Gasteiger partial charge on any atom is 0.272 e. The minimum Gasteiger partial charge on any atom is -0.493 e. The molecule has 0 amide bonds. The number of aromatic nitrogens is 3. The van der Waals surface area contributed by atoms with Crippen LogP contribution < -0.4 is 31.3 Å². The number of rotatable bonds is 4. The first-order valence-corrected chi connectivity index (χ1v) is 8.93. The zero-order valence-electron chi connectivity index (χ0n) is 15.9. The van der Waals surface area contributed by atoms with Crippen LogP contribution in [0.4, 0.5) is 0 Å². The van der Waals surface area contributed by atoms with Crippen molar-refractivity contribution >= 4 is 23.1 Å². The minimum absolute atomic E-state index is 0.151. The second-order valence-corrected chi connectivity index (χ2v) is 6.43. The van der Waals surface area contributed by atoms with Gasteiger partial charge < -0.3 is 24.4 Å². The Morgan fingerprint density at radius 3 is 2.24 bits per heavy atom. The number of aromatic amines is 3. The Kier molecular flexibility index (Phi) is 4.78. The van der Waals surface area contributed by atoms with Crippen LogP contribution in [0.25, 0.3) is 23.1 Å². The third kappa shape index (κ3) is 3.58. The fraction of sp³-hybridized carbons (Fsp3) is 0.0909. The minimum atomic E-state index is -0.398. The lowest BCUT2D eigenvalue weighted by molar-refractivity contribution is 0.355. The number of benzene rings is 2. The summed E-state index contributed by atoms with van der Waals surface area (Å²) < 4.78 is 10.5. The number of methoxy groups -OCH3 is 2. The van der Waals surface area contributed by atoms with Crippen LogP contribution in [0.15, 0.2) is 58.3 Å². The highest BCUT2D eigenvalue weighted by atomic mass is 16.5. The van der Waals surface area contributed by atoms with E-state index in [1.165, 1.54) is 7.11 Å². The molecule has 0 aliphatic carbocycles. The van der Waals surface area contributed by atoms with Crippen LogP contribution in [-0.2, 0) is 0 Å². The molecular weight excluding hydrogens is 370 g/mol. The number of ether oxygens (including phenoxy) is 2. The quantitative estimate of drug-likeness (QED) is 0.489. The van der Waals surface area contributed by atoms with Crippen LogP contribution in [-0.4, -0.2) is 29.2 Å². The van der Waals surface area contributed by atoms with E-state index in [1.807, 2.05) is 24.3 Å². The highest BCUT2D eigenvalue weighted by Gasteiger charge is 2.05. The van der Waals surface area contributed by atoms with Crippen molar-refractivity contribution in [2.45, 2.75) is 0 Å². The Hall–Kier alpha value is -4.00. The van der Waals surface area contributed by atoms with Crippen LogP contribution in [0, 0.1) is 0 Å². The Bertz CT molecular complexity index is 1430. The van der Waals surface area contributed by atoms with E-state index in [-0.39, 0.29) is 16.3 Å². The van der Waals surface area contributed by atoms with Crippen LogP contribution in [0.1, 0.15) is 11.1 Å². The number of nitrogens with one attached hydrogen (secondary N) is 3. The van der Waals surface area contributed by atoms with Crippen molar-refractivity contribution < 1.29 is 9.47 Å². The maximum absolute atomic E-state index is 12.5. The van der Waals surface area contributed by atoms with Crippen molar-refractivity contribution in [3.05, 3.63) is 91.2 Å². The fourth-order valence-corrected chi connectivity index (χ4v) is 3.17. The smallest absolute Gasteiger partial charge is 0.272 e. The Morgan fingerprint density at radius 1 is 0.828 bits per heavy atom. The molecule has 0 saturated carbocycles. The van der Waals surface area contributed by atoms with Crippen LogP contribution >= 0.6 is 0 Å². The van der Waals surface area contributed by atoms with Crippen molar-refractivity contribution in [1.29, 1.82) is 0 Å². The third-order valence-electron chi connectivity index (χ3n) is 4.63. The molecule has 0 fully saturated rings. The summed E-state index contributed by atoms with van der Waals surface area (Å²) in [5, 5.41) is 1.30. The van der Waals surface area contributed by atoms with E-state index in [2.05, 4.69) is 15.0 Å². The summed E-state index contributed by atoms with van der Waals surface area (Å²) in [6, 6.07) is 13.0. The number of hydrogen-bond acceptors (Lipinski definition) is 4. The molecule has 0 bridgehead atoms. The first kappa shape index (κ1) is 18.4. The molecule has 3 N–H and O–H groups in total. The van der Waals surface area contributed by atoms with Gasteiger partial charge in [0.15, 0.2) is 11.5 Å². The summed E-state index contributed by atoms with van der Waals surface area (Å²) in [4.78, 5) is 33.5. The van der Waals surface area contributed by atoms with E-state index in [9.17, 15) is 9.59 Å². The maximum atomic E-state index is 12.5. The van der Waals surface area contributed by atoms with Gasteiger partial charge in [-0.3, -0.25) is 9.59 Å². The van der Waals surface area contributed by atoms with Crippen LogP contribution in [0.2, 0.25) is 0 Å². The summed E-state index contributed by atoms with van der Waals surface area (Å²) in [6.45, 7) is 0. The number of para-hydroxylation sites is 1. The zero-order chi connectivity index (χ0) is 20.4. The normalized spacial score (nSPS) is 12.5. The second kappa shape index (κ2) is 7.55. The molecular formula is C22H19N3O4. The van der Waals surface area contributed by atoms with Gasteiger partial charge in [-0.2, -0.15) is 0 Å². The van der Waals surface area contributed by atoms with Gasteiger partial charge in [0.1, 0.15) is 10.7 Å². The van der Waals surface area contributed by atoms with Gasteiger partial charge in [0, 0.05) is 22.7 Å². The fourth-order valence-electron chi connectivity index (χ4n) is 3.17. The molecule has 0 aliphatic heterocycles. The average molecular weight is 389 g/mol. The standard InChI is InChI=1S/C22H19N3O4/c1-28-19-8-7-13(10-20(19)29-2)9-17-21(26)25-18(22(27)24-17)11-14-12-23-16-6-4-3-5-15(14)16/h3-12,23H,1-2H3,(H,24,27)(H,25,26)/b17-9+,18-11+. The topological polar surface area (TPSA) is 100.0 Å². The molecule has 146 valence electrons. The van der Waals surface area contributed by atoms with Gasteiger partial charge in [-0.15, -0.1) is 0 Å². The van der Waals surface area contributed by atoms with E-state index < -0.39 is 5.56 Å². The number of fused-ring (bicyclic) bond motifs is 1. The molecule has 0 spiro atoms. The van der Waals surface area contributed by atoms with E-state index in [0.29, 0.717) is 17.1 Å². The summed E-state index contributed by atoms with van der Waals surface area (Å²) in [6.07, 6.45) is 5.03. The third-order valence-corrected chi connectivity index (χ3v) is 4.63. The van der Waals surface area contributed by atoms with Gasteiger partial charge in [-0.25, -0.2) is 0 Å².